The smallest absolute Gasteiger partial charge is 0.407 e. The van der Waals surface area contributed by atoms with Gasteiger partial charge >= 0.3 is 6.09 Å². The number of nitrogens with one attached hydrogen (secondary N) is 1. The topological polar surface area (TPSA) is 47.6 Å². The van der Waals surface area contributed by atoms with E-state index < -0.39 is 17.7 Å². The summed E-state index contributed by atoms with van der Waals surface area (Å²) in [4.78, 5) is 11.2. The third kappa shape index (κ3) is 2.69. The summed E-state index contributed by atoms with van der Waals surface area (Å²) in [5, 5.41) is 2.57. The van der Waals surface area contributed by atoms with Crippen molar-refractivity contribution in [2.24, 2.45) is 0 Å². The van der Waals surface area contributed by atoms with Gasteiger partial charge in [0.05, 0.1) is 12.6 Å². The third-order valence-electron chi connectivity index (χ3n) is 2.58. The van der Waals surface area contributed by atoms with Crippen LogP contribution in [-0.2, 0) is 11.2 Å². The molecule has 0 fully saturated rings. The highest BCUT2D eigenvalue weighted by atomic mass is 19.1. The van der Waals surface area contributed by atoms with E-state index in [9.17, 15) is 13.6 Å². The number of halogens is 2. The van der Waals surface area contributed by atoms with E-state index in [0.717, 1.165) is 6.07 Å². The van der Waals surface area contributed by atoms with Crippen LogP contribution in [0.15, 0.2) is 12.1 Å². The fourth-order valence-electron chi connectivity index (χ4n) is 1.87. The van der Waals surface area contributed by atoms with Gasteiger partial charge in [-0.25, -0.2) is 13.6 Å². The SMILES string of the molecule is CCOC(=O)N[C@H]1COc2c(F)cc(F)cc2C1. The summed E-state index contributed by atoms with van der Waals surface area (Å²) in [7, 11) is 0. The molecule has 0 unspecified atom stereocenters. The average molecular weight is 257 g/mol. The van der Waals surface area contributed by atoms with E-state index in [-0.39, 0.29) is 25.0 Å². The number of hydrogen-bond acceptors (Lipinski definition) is 3. The first kappa shape index (κ1) is 12.6. The van der Waals surface area contributed by atoms with Gasteiger partial charge in [0, 0.05) is 11.6 Å². The van der Waals surface area contributed by atoms with Crippen molar-refractivity contribution in [1.82, 2.24) is 5.32 Å². The van der Waals surface area contributed by atoms with Crippen LogP contribution < -0.4 is 10.1 Å². The Bertz CT molecular complexity index is 465. The van der Waals surface area contributed by atoms with Crippen LogP contribution in [0.2, 0.25) is 0 Å². The van der Waals surface area contributed by atoms with Crippen LogP contribution in [0.4, 0.5) is 13.6 Å². The first-order valence-corrected chi connectivity index (χ1v) is 5.64. The highest BCUT2D eigenvalue weighted by Gasteiger charge is 2.25. The Morgan fingerprint density at radius 2 is 2.33 bits per heavy atom. The normalized spacial score (nSPS) is 17.6. The number of hydrogen-bond donors (Lipinski definition) is 1. The number of rotatable bonds is 2. The zero-order valence-corrected chi connectivity index (χ0v) is 9.83. The summed E-state index contributed by atoms with van der Waals surface area (Å²) >= 11 is 0. The molecular formula is C12H13F2NO3. The van der Waals surface area contributed by atoms with E-state index in [1.165, 1.54) is 6.07 Å². The maximum Gasteiger partial charge on any atom is 0.407 e. The summed E-state index contributed by atoms with van der Waals surface area (Å²) in [5.74, 6) is -1.33. The number of ether oxygens (including phenoxy) is 2. The predicted molar refractivity (Wildman–Crippen MR) is 59.5 cm³/mol. The van der Waals surface area contributed by atoms with E-state index in [1.807, 2.05) is 0 Å². The van der Waals surface area contributed by atoms with Crippen molar-refractivity contribution in [2.75, 3.05) is 13.2 Å². The fourth-order valence-corrected chi connectivity index (χ4v) is 1.87. The molecule has 0 spiro atoms. The van der Waals surface area contributed by atoms with Crippen LogP contribution >= 0.6 is 0 Å². The van der Waals surface area contributed by atoms with Crippen LogP contribution in [0.1, 0.15) is 12.5 Å². The quantitative estimate of drug-likeness (QED) is 0.881. The Hall–Kier alpha value is -1.85. The van der Waals surface area contributed by atoms with Gasteiger partial charge in [-0.3, -0.25) is 0 Å². The van der Waals surface area contributed by atoms with Crippen molar-refractivity contribution >= 4 is 6.09 Å². The number of fused-ring (bicyclic) bond motifs is 1. The number of carbonyl (C=O) groups is 1. The Kier molecular flexibility index (Phi) is 3.64. The van der Waals surface area contributed by atoms with Gasteiger partial charge < -0.3 is 14.8 Å². The molecule has 1 aliphatic heterocycles. The van der Waals surface area contributed by atoms with Crippen LogP contribution in [0.3, 0.4) is 0 Å². The zero-order valence-electron chi connectivity index (χ0n) is 9.83. The molecule has 0 saturated carbocycles. The number of alkyl carbamates (subject to hydrolysis) is 1. The second-order valence-corrected chi connectivity index (χ2v) is 3.95. The second-order valence-electron chi connectivity index (χ2n) is 3.95. The van der Waals surface area contributed by atoms with E-state index in [4.69, 9.17) is 9.47 Å². The highest BCUT2D eigenvalue weighted by molar-refractivity contribution is 5.67. The van der Waals surface area contributed by atoms with Crippen LogP contribution in [0.25, 0.3) is 0 Å². The molecule has 0 aromatic heterocycles. The Balaban J connectivity index is 2.08. The van der Waals surface area contributed by atoms with Gasteiger partial charge in [-0.1, -0.05) is 0 Å². The molecular weight excluding hydrogens is 244 g/mol. The van der Waals surface area contributed by atoms with Crippen LogP contribution in [0, 0.1) is 11.6 Å². The maximum atomic E-state index is 13.4. The van der Waals surface area contributed by atoms with Gasteiger partial charge in [0.15, 0.2) is 11.6 Å². The first-order valence-electron chi connectivity index (χ1n) is 5.64. The maximum absolute atomic E-state index is 13.4. The van der Waals surface area contributed by atoms with Gasteiger partial charge in [-0.2, -0.15) is 0 Å². The van der Waals surface area contributed by atoms with Crippen LogP contribution in [-0.4, -0.2) is 25.3 Å². The van der Waals surface area contributed by atoms with Crippen molar-refractivity contribution in [3.05, 3.63) is 29.3 Å². The van der Waals surface area contributed by atoms with Gasteiger partial charge in [0.1, 0.15) is 12.4 Å². The van der Waals surface area contributed by atoms with Gasteiger partial charge in [-0.05, 0) is 19.4 Å². The molecule has 18 heavy (non-hydrogen) atoms. The molecule has 1 heterocycles. The van der Waals surface area contributed by atoms with E-state index in [0.29, 0.717) is 12.0 Å². The average Bonchev–Trinajstić information content (AvgIpc) is 2.28. The molecule has 1 amide bonds. The monoisotopic (exact) mass is 257 g/mol. The van der Waals surface area contributed by atoms with Gasteiger partial charge in [0.25, 0.3) is 0 Å². The van der Waals surface area contributed by atoms with E-state index >= 15 is 0 Å². The highest BCUT2D eigenvalue weighted by Crippen LogP contribution is 2.28. The lowest BCUT2D eigenvalue weighted by molar-refractivity contribution is 0.139. The molecule has 1 aliphatic rings. The summed E-state index contributed by atoms with van der Waals surface area (Å²) in [6, 6.07) is 1.63. The van der Waals surface area contributed by atoms with Crippen molar-refractivity contribution in [2.45, 2.75) is 19.4 Å². The van der Waals surface area contributed by atoms with Crippen LogP contribution in [0.5, 0.6) is 5.75 Å². The molecule has 0 aliphatic carbocycles. The van der Waals surface area contributed by atoms with Crippen molar-refractivity contribution in [3.63, 3.8) is 0 Å². The summed E-state index contributed by atoms with van der Waals surface area (Å²) in [6.45, 7) is 2.09. The molecule has 0 saturated heterocycles. The largest absolute Gasteiger partial charge is 0.488 e. The first-order chi connectivity index (χ1) is 8.60. The van der Waals surface area contributed by atoms with E-state index in [2.05, 4.69) is 5.32 Å². The predicted octanol–water partition coefficient (Wildman–Crippen LogP) is 2.01. The molecule has 0 radical (unpaired) electrons. The zero-order chi connectivity index (χ0) is 13.1. The number of amides is 1. The number of carbonyl (C=O) groups excluding carboxylic acids is 1. The third-order valence-corrected chi connectivity index (χ3v) is 2.58. The van der Waals surface area contributed by atoms with Crippen molar-refractivity contribution in [3.8, 4) is 5.75 Å². The minimum absolute atomic E-state index is 0.0540. The fraction of sp³-hybridized carbons (Fsp3) is 0.417. The second kappa shape index (κ2) is 5.20. The summed E-state index contributed by atoms with van der Waals surface area (Å²) in [5.41, 5.74) is 0.403. The lowest BCUT2D eigenvalue weighted by atomic mass is 10.0. The molecule has 1 N–H and O–H groups in total. The molecule has 0 bridgehead atoms. The van der Waals surface area contributed by atoms with Crippen molar-refractivity contribution in [1.29, 1.82) is 0 Å². The minimum atomic E-state index is -0.723. The molecule has 1 aromatic carbocycles. The van der Waals surface area contributed by atoms with Gasteiger partial charge in [0.2, 0.25) is 0 Å². The summed E-state index contributed by atoms with van der Waals surface area (Å²) in [6.07, 6.45) is -0.255. The molecule has 98 valence electrons. The minimum Gasteiger partial charge on any atom is -0.488 e. The molecule has 1 aromatic rings. The molecule has 2 rings (SSSR count). The Morgan fingerprint density at radius 3 is 3.06 bits per heavy atom. The Morgan fingerprint density at radius 1 is 1.56 bits per heavy atom. The molecule has 4 nitrogen and oxygen atoms in total. The van der Waals surface area contributed by atoms with Gasteiger partial charge in [-0.15, -0.1) is 0 Å². The lowest BCUT2D eigenvalue weighted by Gasteiger charge is -2.26. The van der Waals surface area contributed by atoms with E-state index in [1.54, 1.807) is 6.92 Å². The molecule has 6 heteroatoms. The standard InChI is InChI=1S/C12H13F2NO3/c1-2-17-12(16)15-9-4-7-3-8(13)5-10(14)11(7)18-6-9/h3,5,9H,2,4,6H2,1H3,(H,15,16)/t9-/m1/s1. The Labute approximate surface area is 103 Å². The molecule has 1 atom stereocenters. The summed E-state index contributed by atoms with van der Waals surface area (Å²) < 4.78 is 36.3. The lowest BCUT2D eigenvalue weighted by Crippen LogP contribution is -2.43. The number of benzene rings is 1. The van der Waals surface area contributed by atoms with Crippen molar-refractivity contribution < 1.29 is 23.0 Å².